The number of likely N-dealkylation sites (tertiary alicyclic amines) is 1. The summed E-state index contributed by atoms with van der Waals surface area (Å²) in [6.07, 6.45) is 3.19. The molecule has 16 heavy (non-hydrogen) atoms. The molecule has 1 amide bonds. The van der Waals surface area contributed by atoms with Crippen molar-refractivity contribution in [1.82, 2.24) is 10.2 Å². The number of halogens is 1. The lowest BCUT2D eigenvalue weighted by atomic mass is 10.1. The molecule has 2 aliphatic rings. The van der Waals surface area contributed by atoms with Gasteiger partial charge in [0.1, 0.15) is 0 Å². The van der Waals surface area contributed by atoms with E-state index in [1.165, 1.54) is 0 Å². The number of rotatable bonds is 3. The minimum atomic E-state index is 0. The third kappa shape index (κ3) is 2.87. The number of amides is 1. The molecule has 0 aliphatic carbocycles. The molecule has 94 valence electrons. The molecule has 5 heteroatoms. The van der Waals surface area contributed by atoms with Gasteiger partial charge in [0, 0.05) is 25.7 Å². The monoisotopic (exact) mass is 248 g/mol. The van der Waals surface area contributed by atoms with Crippen molar-refractivity contribution in [2.24, 2.45) is 5.92 Å². The van der Waals surface area contributed by atoms with Crippen LogP contribution in [0.25, 0.3) is 0 Å². The summed E-state index contributed by atoms with van der Waals surface area (Å²) in [6.45, 7) is 3.23. The molecule has 0 aromatic rings. The van der Waals surface area contributed by atoms with Gasteiger partial charge in [-0.15, -0.1) is 12.4 Å². The first kappa shape index (κ1) is 13.7. The molecular formula is C11H21ClN2O2. The maximum Gasteiger partial charge on any atom is 0.228 e. The highest BCUT2D eigenvalue weighted by Gasteiger charge is 2.34. The maximum absolute atomic E-state index is 12.2. The van der Waals surface area contributed by atoms with Gasteiger partial charge in [0.05, 0.1) is 12.5 Å². The number of ether oxygens (including phenoxy) is 1. The van der Waals surface area contributed by atoms with Crippen molar-refractivity contribution in [3.8, 4) is 0 Å². The summed E-state index contributed by atoms with van der Waals surface area (Å²) in [5.41, 5.74) is 0. The number of nitrogens with one attached hydrogen (secondary N) is 1. The van der Waals surface area contributed by atoms with Gasteiger partial charge in [-0.1, -0.05) is 0 Å². The first-order valence-electron chi connectivity index (χ1n) is 5.85. The summed E-state index contributed by atoms with van der Waals surface area (Å²) in [5.74, 6) is 0.438. The van der Waals surface area contributed by atoms with E-state index in [9.17, 15) is 4.79 Å². The van der Waals surface area contributed by atoms with E-state index in [1.54, 1.807) is 0 Å². The first-order valence-corrected chi connectivity index (χ1v) is 5.85. The summed E-state index contributed by atoms with van der Waals surface area (Å²) in [6, 6.07) is 0.406. The smallest absolute Gasteiger partial charge is 0.228 e. The van der Waals surface area contributed by atoms with Crippen molar-refractivity contribution in [3.63, 3.8) is 0 Å². The van der Waals surface area contributed by atoms with E-state index < -0.39 is 0 Å². The van der Waals surface area contributed by atoms with Gasteiger partial charge < -0.3 is 15.0 Å². The molecule has 2 unspecified atom stereocenters. The van der Waals surface area contributed by atoms with Crippen LogP contribution in [0.2, 0.25) is 0 Å². The van der Waals surface area contributed by atoms with Crippen molar-refractivity contribution in [1.29, 1.82) is 0 Å². The number of carbonyl (C=O) groups excluding carboxylic acids is 1. The Morgan fingerprint density at radius 2 is 2.31 bits per heavy atom. The van der Waals surface area contributed by atoms with Crippen LogP contribution in [0.5, 0.6) is 0 Å². The fourth-order valence-corrected chi connectivity index (χ4v) is 2.54. The zero-order chi connectivity index (χ0) is 10.7. The molecule has 2 aliphatic heterocycles. The number of hydrogen-bond acceptors (Lipinski definition) is 3. The van der Waals surface area contributed by atoms with Gasteiger partial charge in [0.2, 0.25) is 5.91 Å². The van der Waals surface area contributed by atoms with Crippen molar-refractivity contribution >= 4 is 18.3 Å². The van der Waals surface area contributed by atoms with Crippen LogP contribution in [0.3, 0.4) is 0 Å². The number of carbonyl (C=O) groups is 1. The lowest BCUT2D eigenvalue weighted by Crippen LogP contribution is -2.43. The van der Waals surface area contributed by atoms with Crippen molar-refractivity contribution in [2.45, 2.75) is 25.3 Å². The Morgan fingerprint density at radius 3 is 2.94 bits per heavy atom. The second-order valence-corrected chi connectivity index (χ2v) is 4.45. The zero-order valence-corrected chi connectivity index (χ0v) is 10.6. The molecule has 0 spiro atoms. The highest BCUT2D eigenvalue weighted by Crippen LogP contribution is 2.22. The quantitative estimate of drug-likeness (QED) is 0.798. The second-order valence-electron chi connectivity index (χ2n) is 4.45. The van der Waals surface area contributed by atoms with Gasteiger partial charge in [-0.05, 0) is 26.3 Å². The van der Waals surface area contributed by atoms with Crippen LogP contribution in [-0.2, 0) is 9.53 Å². The molecule has 2 rings (SSSR count). The van der Waals surface area contributed by atoms with Gasteiger partial charge in [-0.25, -0.2) is 0 Å². The summed E-state index contributed by atoms with van der Waals surface area (Å²) in [4.78, 5) is 14.2. The van der Waals surface area contributed by atoms with Crippen LogP contribution in [0.15, 0.2) is 0 Å². The lowest BCUT2D eigenvalue weighted by Gasteiger charge is -2.26. The fraction of sp³-hybridized carbons (Fsp3) is 0.909. The topological polar surface area (TPSA) is 41.6 Å². The van der Waals surface area contributed by atoms with Gasteiger partial charge >= 0.3 is 0 Å². The third-order valence-electron chi connectivity index (χ3n) is 3.38. The highest BCUT2D eigenvalue weighted by molar-refractivity contribution is 5.85. The molecule has 0 saturated carbocycles. The van der Waals surface area contributed by atoms with Gasteiger partial charge in [-0.2, -0.15) is 0 Å². The van der Waals surface area contributed by atoms with Crippen molar-refractivity contribution in [2.75, 3.05) is 33.4 Å². The Bertz CT molecular complexity index is 232. The van der Waals surface area contributed by atoms with Gasteiger partial charge in [0.25, 0.3) is 0 Å². The molecule has 2 heterocycles. The summed E-state index contributed by atoms with van der Waals surface area (Å²) in [5, 5.41) is 3.16. The second kappa shape index (κ2) is 6.42. The molecule has 2 atom stereocenters. The normalized spacial score (nSPS) is 29.2. The maximum atomic E-state index is 12.2. The molecule has 0 aromatic carbocycles. The molecule has 2 fully saturated rings. The summed E-state index contributed by atoms with van der Waals surface area (Å²) >= 11 is 0. The minimum Gasteiger partial charge on any atom is -0.381 e. The predicted octanol–water partition coefficient (Wildman–Crippen LogP) is 0.655. The fourth-order valence-electron chi connectivity index (χ4n) is 2.54. The van der Waals surface area contributed by atoms with Crippen molar-refractivity contribution in [3.05, 3.63) is 0 Å². The summed E-state index contributed by atoms with van der Waals surface area (Å²) < 4.78 is 5.27. The van der Waals surface area contributed by atoms with E-state index >= 15 is 0 Å². The third-order valence-corrected chi connectivity index (χ3v) is 3.38. The Labute approximate surface area is 103 Å². The van der Waals surface area contributed by atoms with Gasteiger partial charge in [0.15, 0.2) is 0 Å². The average Bonchev–Trinajstić information content (AvgIpc) is 2.87. The lowest BCUT2D eigenvalue weighted by molar-refractivity contribution is -0.136. The van der Waals surface area contributed by atoms with E-state index in [0.717, 1.165) is 39.0 Å². The Kier molecular flexibility index (Phi) is 5.52. The number of hydrogen-bond donors (Lipinski definition) is 1. The Morgan fingerprint density at radius 1 is 1.50 bits per heavy atom. The van der Waals surface area contributed by atoms with E-state index in [1.807, 2.05) is 7.05 Å². The van der Waals surface area contributed by atoms with Crippen LogP contribution >= 0.6 is 12.4 Å². The SMILES string of the molecule is CNCC1CCCN1C(=O)C1CCOC1.Cl. The van der Waals surface area contributed by atoms with E-state index in [4.69, 9.17) is 4.74 Å². The van der Waals surface area contributed by atoms with Crippen LogP contribution < -0.4 is 5.32 Å². The molecule has 1 N–H and O–H groups in total. The largest absolute Gasteiger partial charge is 0.381 e. The molecule has 0 aromatic heterocycles. The highest BCUT2D eigenvalue weighted by atomic mass is 35.5. The van der Waals surface area contributed by atoms with Crippen LogP contribution in [0.1, 0.15) is 19.3 Å². The Hall–Kier alpha value is -0.320. The van der Waals surface area contributed by atoms with Crippen LogP contribution in [-0.4, -0.2) is 50.2 Å². The molecular weight excluding hydrogens is 228 g/mol. The standard InChI is InChI=1S/C11H20N2O2.ClH/c1-12-7-10-3-2-5-13(10)11(14)9-4-6-15-8-9;/h9-10,12H,2-8H2,1H3;1H. The molecule has 0 bridgehead atoms. The van der Waals surface area contributed by atoms with Crippen LogP contribution in [0, 0.1) is 5.92 Å². The van der Waals surface area contributed by atoms with Gasteiger partial charge in [-0.3, -0.25) is 4.79 Å². The predicted molar refractivity (Wildman–Crippen MR) is 64.8 cm³/mol. The minimum absolute atomic E-state index is 0. The molecule has 2 saturated heterocycles. The van der Waals surface area contributed by atoms with Crippen molar-refractivity contribution < 1.29 is 9.53 Å². The van der Waals surface area contributed by atoms with E-state index in [0.29, 0.717) is 18.6 Å². The molecule has 4 nitrogen and oxygen atoms in total. The Balaban J connectivity index is 0.00000128. The summed E-state index contributed by atoms with van der Waals surface area (Å²) in [7, 11) is 1.94. The van der Waals surface area contributed by atoms with E-state index in [2.05, 4.69) is 10.2 Å². The number of likely N-dealkylation sites (N-methyl/N-ethyl adjacent to an activating group) is 1. The van der Waals surface area contributed by atoms with Crippen LogP contribution in [0.4, 0.5) is 0 Å². The van der Waals surface area contributed by atoms with E-state index in [-0.39, 0.29) is 18.3 Å². The molecule has 0 radical (unpaired) electrons. The number of nitrogens with zero attached hydrogens (tertiary/aromatic N) is 1. The average molecular weight is 249 g/mol. The zero-order valence-electron chi connectivity index (χ0n) is 9.78. The first-order chi connectivity index (χ1) is 7.33.